The summed E-state index contributed by atoms with van der Waals surface area (Å²) in [7, 11) is 0. The Bertz CT molecular complexity index is 413. The molecule has 1 aliphatic rings. The molecule has 1 aromatic rings. The number of carbonyl (C=O) groups is 1. The molecule has 1 aliphatic carbocycles. The van der Waals surface area contributed by atoms with Crippen LogP contribution in [0.1, 0.15) is 43.2 Å². The van der Waals surface area contributed by atoms with Gasteiger partial charge in [0.15, 0.2) is 0 Å². The Hall–Kier alpha value is -0.770. The van der Waals surface area contributed by atoms with E-state index in [-0.39, 0.29) is 0 Å². The van der Waals surface area contributed by atoms with Gasteiger partial charge in [0.05, 0.1) is 0 Å². The fourth-order valence-electron chi connectivity index (χ4n) is 2.62. The highest BCUT2D eigenvalue weighted by atomic mass is 79.9. The number of rotatable bonds is 2. The third-order valence-corrected chi connectivity index (χ3v) is 4.25. The number of nitrogens with zero attached hydrogens (tertiary/aromatic N) is 1. The number of carboxylic acid groups (broad SMARTS) is 1. The van der Waals surface area contributed by atoms with Crippen molar-refractivity contribution >= 4 is 21.9 Å². The molecule has 3 nitrogen and oxygen atoms in total. The van der Waals surface area contributed by atoms with Crippen LogP contribution in [0.5, 0.6) is 0 Å². The SMILES string of the molecule is CC1CCC(n2cc(Br)cc2C(=O)O)C1C. The van der Waals surface area contributed by atoms with E-state index in [4.69, 9.17) is 5.11 Å². The number of halogens is 1. The number of aromatic nitrogens is 1. The molecule has 0 amide bonds. The van der Waals surface area contributed by atoms with Gasteiger partial charge in [0, 0.05) is 16.7 Å². The summed E-state index contributed by atoms with van der Waals surface area (Å²) in [6, 6.07) is 2.00. The molecule has 1 saturated carbocycles. The van der Waals surface area contributed by atoms with E-state index in [1.807, 2.05) is 10.8 Å². The molecule has 88 valence electrons. The second kappa shape index (κ2) is 4.24. The summed E-state index contributed by atoms with van der Waals surface area (Å²) in [6.07, 6.45) is 4.15. The minimum atomic E-state index is -0.850. The lowest BCUT2D eigenvalue weighted by Gasteiger charge is -2.21. The molecule has 1 N–H and O–H groups in total. The Balaban J connectivity index is 2.36. The molecule has 0 aliphatic heterocycles. The van der Waals surface area contributed by atoms with Crippen LogP contribution in [-0.4, -0.2) is 15.6 Å². The van der Waals surface area contributed by atoms with Crippen LogP contribution in [-0.2, 0) is 0 Å². The number of hydrogen-bond donors (Lipinski definition) is 1. The Morgan fingerprint density at radius 2 is 2.19 bits per heavy atom. The summed E-state index contributed by atoms with van der Waals surface area (Å²) >= 11 is 3.35. The molecule has 3 unspecified atom stereocenters. The minimum absolute atomic E-state index is 0.326. The van der Waals surface area contributed by atoms with Crippen molar-refractivity contribution in [3.63, 3.8) is 0 Å². The molecule has 16 heavy (non-hydrogen) atoms. The summed E-state index contributed by atoms with van der Waals surface area (Å²) in [5.41, 5.74) is 0.387. The number of carboxylic acids is 1. The highest BCUT2D eigenvalue weighted by Gasteiger charge is 2.32. The summed E-state index contributed by atoms with van der Waals surface area (Å²) < 4.78 is 2.76. The normalized spacial score (nSPS) is 29.6. The molecule has 0 aromatic carbocycles. The number of aromatic carboxylic acids is 1. The summed E-state index contributed by atoms with van der Waals surface area (Å²) in [5, 5.41) is 9.15. The third kappa shape index (κ3) is 1.90. The Labute approximate surface area is 104 Å². The summed E-state index contributed by atoms with van der Waals surface area (Å²) in [5.74, 6) is 0.364. The van der Waals surface area contributed by atoms with Gasteiger partial charge in [-0.2, -0.15) is 0 Å². The van der Waals surface area contributed by atoms with Gasteiger partial charge >= 0.3 is 5.97 Å². The molecule has 1 fully saturated rings. The van der Waals surface area contributed by atoms with Gasteiger partial charge in [0.2, 0.25) is 0 Å². The standard InChI is InChI=1S/C12H16BrNO2/c1-7-3-4-10(8(7)2)14-6-9(13)5-11(14)12(15)16/h5-8,10H,3-4H2,1-2H3,(H,15,16). The van der Waals surface area contributed by atoms with Crippen molar-refractivity contribution in [3.05, 3.63) is 22.4 Å². The predicted molar refractivity (Wildman–Crippen MR) is 65.7 cm³/mol. The molecule has 1 aromatic heterocycles. The van der Waals surface area contributed by atoms with Gasteiger partial charge in [-0.3, -0.25) is 0 Å². The zero-order valence-electron chi connectivity index (χ0n) is 9.48. The van der Waals surface area contributed by atoms with Crippen molar-refractivity contribution in [1.82, 2.24) is 4.57 Å². The van der Waals surface area contributed by atoms with Crippen LogP contribution in [0.3, 0.4) is 0 Å². The van der Waals surface area contributed by atoms with Crippen molar-refractivity contribution in [3.8, 4) is 0 Å². The molecule has 4 heteroatoms. The van der Waals surface area contributed by atoms with Crippen molar-refractivity contribution in [2.24, 2.45) is 11.8 Å². The van der Waals surface area contributed by atoms with Crippen molar-refractivity contribution in [2.75, 3.05) is 0 Å². The highest BCUT2D eigenvalue weighted by molar-refractivity contribution is 9.10. The molecule has 1 heterocycles. The van der Waals surface area contributed by atoms with E-state index in [1.165, 1.54) is 6.42 Å². The largest absolute Gasteiger partial charge is 0.477 e. The van der Waals surface area contributed by atoms with E-state index >= 15 is 0 Å². The quantitative estimate of drug-likeness (QED) is 0.903. The van der Waals surface area contributed by atoms with Gasteiger partial charge in [0.25, 0.3) is 0 Å². The van der Waals surface area contributed by atoms with E-state index in [2.05, 4.69) is 29.8 Å². The minimum Gasteiger partial charge on any atom is -0.477 e. The van der Waals surface area contributed by atoms with Crippen LogP contribution >= 0.6 is 15.9 Å². The monoisotopic (exact) mass is 285 g/mol. The highest BCUT2D eigenvalue weighted by Crippen LogP contribution is 2.41. The van der Waals surface area contributed by atoms with Gasteiger partial charge in [-0.15, -0.1) is 0 Å². The van der Waals surface area contributed by atoms with Gasteiger partial charge in [-0.05, 0) is 46.7 Å². The van der Waals surface area contributed by atoms with E-state index in [1.54, 1.807) is 6.07 Å². The zero-order chi connectivity index (χ0) is 11.9. The molecule has 0 spiro atoms. The maximum atomic E-state index is 11.1. The smallest absolute Gasteiger partial charge is 0.352 e. The summed E-state index contributed by atoms with van der Waals surface area (Å²) in [6.45, 7) is 4.45. The topological polar surface area (TPSA) is 42.2 Å². The van der Waals surface area contributed by atoms with Gasteiger partial charge in [0.1, 0.15) is 5.69 Å². The van der Waals surface area contributed by atoms with Crippen molar-refractivity contribution in [1.29, 1.82) is 0 Å². The second-order valence-corrected chi connectivity index (χ2v) is 5.65. The van der Waals surface area contributed by atoms with Crippen molar-refractivity contribution < 1.29 is 9.90 Å². The van der Waals surface area contributed by atoms with E-state index in [9.17, 15) is 4.79 Å². The fourth-order valence-corrected chi connectivity index (χ4v) is 3.06. The van der Waals surface area contributed by atoms with Crippen LogP contribution in [0.2, 0.25) is 0 Å². The van der Waals surface area contributed by atoms with Gasteiger partial charge < -0.3 is 9.67 Å². The second-order valence-electron chi connectivity index (χ2n) is 4.74. The predicted octanol–water partition coefficient (Wildman–Crippen LogP) is 3.56. The lowest BCUT2D eigenvalue weighted by Crippen LogP contribution is -2.18. The Morgan fingerprint density at radius 3 is 2.69 bits per heavy atom. The maximum absolute atomic E-state index is 11.1. The summed E-state index contributed by atoms with van der Waals surface area (Å²) in [4.78, 5) is 11.1. The Kier molecular flexibility index (Phi) is 3.10. The average molecular weight is 286 g/mol. The first-order valence-electron chi connectivity index (χ1n) is 5.61. The molecule has 0 bridgehead atoms. The van der Waals surface area contributed by atoms with E-state index in [0.717, 1.165) is 10.9 Å². The fraction of sp³-hybridized carbons (Fsp3) is 0.583. The molecule has 3 atom stereocenters. The van der Waals surface area contributed by atoms with Gasteiger partial charge in [-0.1, -0.05) is 13.8 Å². The lowest BCUT2D eigenvalue weighted by molar-refractivity contribution is 0.0681. The van der Waals surface area contributed by atoms with Crippen LogP contribution in [0.4, 0.5) is 0 Å². The van der Waals surface area contributed by atoms with Gasteiger partial charge in [-0.25, -0.2) is 4.79 Å². The van der Waals surface area contributed by atoms with Crippen molar-refractivity contribution in [2.45, 2.75) is 32.7 Å². The van der Waals surface area contributed by atoms with Crippen LogP contribution in [0.15, 0.2) is 16.7 Å². The molecule has 2 rings (SSSR count). The Morgan fingerprint density at radius 1 is 1.50 bits per heavy atom. The first-order chi connectivity index (χ1) is 7.50. The number of hydrogen-bond acceptors (Lipinski definition) is 1. The molecular formula is C12H16BrNO2. The zero-order valence-corrected chi connectivity index (χ0v) is 11.1. The van der Waals surface area contributed by atoms with E-state index in [0.29, 0.717) is 23.6 Å². The first kappa shape index (κ1) is 11.7. The lowest BCUT2D eigenvalue weighted by atomic mass is 9.97. The van der Waals surface area contributed by atoms with Crippen LogP contribution in [0.25, 0.3) is 0 Å². The molecular weight excluding hydrogens is 270 g/mol. The van der Waals surface area contributed by atoms with Crippen LogP contribution < -0.4 is 0 Å². The molecule has 0 radical (unpaired) electrons. The average Bonchev–Trinajstić information content (AvgIpc) is 2.73. The third-order valence-electron chi connectivity index (χ3n) is 3.81. The van der Waals surface area contributed by atoms with Crippen LogP contribution in [0, 0.1) is 11.8 Å². The first-order valence-corrected chi connectivity index (χ1v) is 6.40. The molecule has 0 saturated heterocycles. The van der Waals surface area contributed by atoms with E-state index < -0.39 is 5.97 Å². The maximum Gasteiger partial charge on any atom is 0.352 e.